The number of thioether (sulfide) groups is 1. The van der Waals surface area contributed by atoms with Crippen LogP contribution in [-0.2, 0) is 9.59 Å². The third-order valence-corrected chi connectivity index (χ3v) is 7.68. The van der Waals surface area contributed by atoms with E-state index < -0.39 is 12.5 Å². The molecule has 0 aromatic heterocycles. The van der Waals surface area contributed by atoms with Crippen LogP contribution < -0.4 is 4.90 Å². The molecule has 0 bridgehead atoms. The fraction of sp³-hybridized carbons (Fsp3) is 0.292. The molecule has 1 amide bonds. The molecule has 2 heterocycles. The summed E-state index contributed by atoms with van der Waals surface area (Å²) in [6.07, 6.45) is 5.40. The Morgan fingerprint density at radius 2 is 2.00 bits per heavy atom. The van der Waals surface area contributed by atoms with E-state index >= 15 is 0 Å². The lowest BCUT2D eigenvalue weighted by molar-refractivity contribution is -0.140. The number of thiocarbonyl (C=S) groups is 1. The van der Waals surface area contributed by atoms with E-state index in [1.165, 1.54) is 53.5 Å². The fourth-order valence-corrected chi connectivity index (χ4v) is 6.18. The first kappa shape index (κ1) is 20.3. The van der Waals surface area contributed by atoms with Gasteiger partial charge in [-0.3, -0.25) is 14.5 Å². The van der Waals surface area contributed by atoms with Crippen molar-refractivity contribution in [1.29, 1.82) is 0 Å². The zero-order valence-corrected chi connectivity index (χ0v) is 18.7. The van der Waals surface area contributed by atoms with Crippen molar-refractivity contribution in [2.75, 3.05) is 11.4 Å². The number of carbonyl (C=O) groups excluding carboxylic acids is 1. The SMILES string of the molecule is Cc1ccc(N2c3ccc(/C=C4\SC(=S)N(CC(=O)O)C4=O)cc3C3CCCC32)cc1. The number of rotatable bonds is 4. The lowest BCUT2D eigenvalue weighted by Crippen LogP contribution is -2.33. The molecule has 3 aliphatic rings. The van der Waals surface area contributed by atoms with Gasteiger partial charge in [-0.25, -0.2) is 0 Å². The first-order valence-electron chi connectivity index (χ1n) is 10.4. The summed E-state index contributed by atoms with van der Waals surface area (Å²) >= 11 is 6.37. The smallest absolute Gasteiger partial charge is 0.323 e. The molecule has 158 valence electrons. The fourth-order valence-electron chi connectivity index (χ4n) is 4.93. The highest BCUT2D eigenvalue weighted by molar-refractivity contribution is 8.26. The molecule has 1 saturated heterocycles. The first-order valence-corrected chi connectivity index (χ1v) is 11.6. The molecule has 2 aromatic rings. The van der Waals surface area contributed by atoms with Crippen molar-refractivity contribution in [3.8, 4) is 0 Å². The van der Waals surface area contributed by atoms with Gasteiger partial charge in [-0.05, 0) is 61.2 Å². The molecule has 2 atom stereocenters. The minimum atomic E-state index is -1.07. The van der Waals surface area contributed by atoms with Crippen molar-refractivity contribution >= 4 is 57.6 Å². The van der Waals surface area contributed by atoms with E-state index in [2.05, 4.69) is 48.2 Å². The van der Waals surface area contributed by atoms with Crippen molar-refractivity contribution < 1.29 is 14.7 Å². The van der Waals surface area contributed by atoms with Crippen molar-refractivity contribution in [2.45, 2.75) is 38.1 Å². The van der Waals surface area contributed by atoms with Crippen LogP contribution in [0.3, 0.4) is 0 Å². The van der Waals surface area contributed by atoms with Gasteiger partial charge in [0.1, 0.15) is 10.9 Å². The molecular weight excluding hydrogens is 428 g/mol. The molecule has 1 aliphatic carbocycles. The number of fused-ring (bicyclic) bond motifs is 3. The second-order valence-electron chi connectivity index (χ2n) is 8.29. The van der Waals surface area contributed by atoms with Crippen molar-refractivity contribution in [3.63, 3.8) is 0 Å². The zero-order chi connectivity index (χ0) is 21.7. The largest absolute Gasteiger partial charge is 0.480 e. The number of hydrogen-bond acceptors (Lipinski definition) is 5. The average Bonchev–Trinajstić information content (AvgIpc) is 3.39. The summed E-state index contributed by atoms with van der Waals surface area (Å²) in [4.78, 5) is 27.7. The van der Waals surface area contributed by atoms with Gasteiger partial charge in [0.2, 0.25) is 0 Å². The van der Waals surface area contributed by atoms with E-state index in [1.54, 1.807) is 0 Å². The lowest BCUT2D eigenvalue weighted by atomic mass is 9.96. The van der Waals surface area contributed by atoms with Crippen molar-refractivity contribution in [1.82, 2.24) is 4.90 Å². The van der Waals surface area contributed by atoms with Crippen LogP contribution in [0.1, 0.15) is 41.9 Å². The second kappa shape index (κ2) is 7.80. The number of benzene rings is 2. The summed E-state index contributed by atoms with van der Waals surface area (Å²) in [5, 5.41) is 9.03. The maximum Gasteiger partial charge on any atom is 0.323 e. The van der Waals surface area contributed by atoms with Gasteiger partial charge < -0.3 is 10.0 Å². The highest BCUT2D eigenvalue weighted by atomic mass is 32.2. The number of aliphatic carboxylic acids is 1. The van der Waals surface area contributed by atoms with Crippen molar-refractivity contribution in [2.24, 2.45) is 0 Å². The third kappa shape index (κ3) is 3.55. The van der Waals surface area contributed by atoms with E-state index in [9.17, 15) is 9.59 Å². The summed E-state index contributed by atoms with van der Waals surface area (Å²) < 4.78 is 0.293. The summed E-state index contributed by atoms with van der Waals surface area (Å²) in [6.45, 7) is 1.70. The Labute approximate surface area is 190 Å². The molecule has 2 aromatic carbocycles. The molecule has 2 unspecified atom stereocenters. The number of carbonyl (C=O) groups is 2. The Morgan fingerprint density at radius 1 is 1.23 bits per heavy atom. The van der Waals surface area contributed by atoms with Crippen LogP contribution in [-0.4, -0.2) is 38.8 Å². The maximum absolute atomic E-state index is 12.6. The van der Waals surface area contributed by atoms with E-state index in [-0.39, 0.29) is 5.91 Å². The third-order valence-electron chi connectivity index (χ3n) is 6.30. The standard InChI is InChI=1S/C24H22N2O3S2/c1-14-5-8-16(9-6-14)26-19-4-2-3-17(19)18-11-15(7-10-20(18)26)12-21-23(29)25(13-22(27)28)24(30)31-21/h5-12,17,19H,2-4,13H2,1H3,(H,27,28)/b21-12-. The van der Waals surface area contributed by atoms with Gasteiger partial charge in [0, 0.05) is 23.3 Å². The molecule has 2 aliphatic heterocycles. The van der Waals surface area contributed by atoms with Crippen LogP contribution in [0.15, 0.2) is 47.4 Å². The number of nitrogens with zero attached hydrogens (tertiary/aromatic N) is 2. The molecule has 31 heavy (non-hydrogen) atoms. The van der Waals surface area contributed by atoms with Crippen LogP contribution in [0.5, 0.6) is 0 Å². The number of amides is 1. The molecule has 1 saturated carbocycles. The summed E-state index contributed by atoms with van der Waals surface area (Å²) in [5.41, 5.74) is 6.00. The van der Waals surface area contributed by atoms with Gasteiger partial charge in [0.15, 0.2) is 0 Å². The van der Waals surface area contributed by atoms with Crippen LogP contribution >= 0.6 is 24.0 Å². The van der Waals surface area contributed by atoms with Crippen LogP contribution in [0.2, 0.25) is 0 Å². The van der Waals surface area contributed by atoms with E-state index in [4.69, 9.17) is 17.3 Å². The second-order valence-corrected chi connectivity index (χ2v) is 9.97. The number of carboxylic acids is 1. The summed E-state index contributed by atoms with van der Waals surface area (Å²) in [6, 6.07) is 15.6. The Hall–Kier alpha value is -2.64. The molecule has 2 fully saturated rings. The Kier molecular flexibility index (Phi) is 5.10. The van der Waals surface area contributed by atoms with Gasteiger partial charge >= 0.3 is 5.97 Å². The average molecular weight is 451 g/mol. The van der Waals surface area contributed by atoms with Crippen molar-refractivity contribution in [3.05, 3.63) is 64.1 Å². The van der Waals surface area contributed by atoms with E-state index in [0.717, 1.165) is 10.5 Å². The quantitative estimate of drug-likeness (QED) is 0.518. The number of hydrogen-bond donors (Lipinski definition) is 1. The molecule has 0 radical (unpaired) electrons. The predicted molar refractivity (Wildman–Crippen MR) is 128 cm³/mol. The lowest BCUT2D eigenvalue weighted by Gasteiger charge is -2.27. The number of carboxylic acid groups (broad SMARTS) is 1. The van der Waals surface area contributed by atoms with Gasteiger partial charge in [0.25, 0.3) is 5.91 Å². The summed E-state index contributed by atoms with van der Waals surface area (Å²) in [5.74, 6) is -0.914. The minimum Gasteiger partial charge on any atom is -0.480 e. The van der Waals surface area contributed by atoms with Crippen LogP contribution in [0, 0.1) is 6.92 Å². The first-order chi connectivity index (χ1) is 14.9. The minimum absolute atomic E-state index is 0.293. The molecule has 1 N–H and O–H groups in total. The molecule has 5 nitrogen and oxygen atoms in total. The highest BCUT2D eigenvalue weighted by Crippen LogP contribution is 2.52. The highest BCUT2D eigenvalue weighted by Gasteiger charge is 2.42. The Morgan fingerprint density at radius 3 is 2.74 bits per heavy atom. The number of aryl methyl sites for hydroxylation is 1. The van der Waals surface area contributed by atoms with E-state index in [1.807, 2.05) is 12.1 Å². The molecule has 5 rings (SSSR count). The van der Waals surface area contributed by atoms with Gasteiger partial charge in [0.05, 0.1) is 4.91 Å². The molecule has 0 spiro atoms. The predicted octanol–water partition coefficient (Wildman–Crippen LogP) is 5.07. The monoisotopic (exact) mass is 450 g/mol. The van der Waals surface area contributed by atoms with E-state index in [0.29, 0.717) is 21.2 Å². The Balaban J connectivity index is 1.48. The molecule has 7 heteroatoms. The van der Waals surface area contributed by atoms with Gasteiger partial charge in [-0.1, -0.05) is 54.2 Å². The zero-order valence-electron chi connectivity index (χ0n) is 17.1. The summed E-state index contributed by atoms with van der Waals surface area (Å²) in [7, 11) is 0. The van der Waals surface area contributed by atoms with Gasteiger partial charge in [-0.2, -0.15) is 0 Å². The maximum atomic E-state index is 12.6. The normalized spacial score (nSPS) is 23.6. The number of anilines is 2. The molecular formula is C24H22N2O3S2. The van der Waals surface area contributed by atoms with Crippen LogP contribution in [0.4, 0.5) is 11.4 Å². The van der Waals surface area contributed by atoms with Gasteiger partial charge in [-0.15, -0.1) is 0 Å². The van der Waals surface area contributed by atoms with Crippen LogP contribution in [0.25, 0.3) is 6.08 Å². The topological polar surface area (TPSA) is 60.9 Å². The Bertz CT molecular complexity index is 1130.